The van der Waals surface area contributed by atoms with Gasteiger partial charge in [-0.15, -0.1) is 0 Å². The summed E-state index contributed by atoms with van der Waals surface area (Å²) in [6, 6.07) is 5.51. The molecule has 1 aliphatic heterocycles. The summed E-state index contributed by atoms with van der Waals surface area (Å²) in [5.74, 6) is 1.37. The van der Waals surface area contributed by atoms with Gasteiger partial charge in [0.2, 0.25) is 0 Å². The zero-order chi connectivity index (χ0) is 20.4. The Labute approximate surface area is 175 Å². The molecular weight excluding hydrogens is 392 g/mol. The predicted octanol–water partition coefficient (Wildman–Crippen LogP) is 2.14. The standard InChI is InChI=1S/C21H25ClN4O3/c1-29-17-3-2-13(18(22)6-17)9-26-10-14-4-19(20(27)5-15(14)11-26)25-21(28)16-7-23-12-24-8-16/h2-3,6-8,12,14-15,19-20,27H,4-5,9-11H2,1H3,(H,25,28)/t14-,15+,19-,20-/m0/s1. The van der Waals surface area contributed by atoms with Crippen LogP contribution in [-0.2, 0) is 6.54 Å². The highest BCUT2D eigenvalue weighted by molar-refractivity contribution is 6.31. The van der Waals surface area contributed by atoms with E-state index in [0.29, 0.717) is 28.8 Å². The lowest BCUT2D eigenvalue weighted by Gasteiger charge is -2.35. The van der Waals surface area contributed by atoms with Crippen LogP contribution in [0.5, 0.6) is 5.75 Å². The molecule has 29 heavy (non-hydrogen) atoms. The fourth-order valence-electron chi connectivity index (χ4n) is 4.50. The zero-order valence-corrected chi connectivity index (χ0v) is 17.0. The third-order valence-electron chi connectivity index (χ3n) is 6.01. The maximum Gasteiger partial charge on any atom is 0.254 e. The van der Waals surface area contributed by atoms with Gasteiger partial charge in [0, 0.05) is 37.1 Å². The van der Waals surface area contributed by atoms with Crippen LogP contribution in [0.25, 0.3) is 0 Å². The number of methoxy groups -OCH3 is 1. The molecule has 1 saturated heterocycles. The van der Waals surface area contributed by atoms with E-state index in [9.17, 15) is 9.90 Å². The Kier molecular flexibility index (Phi) is 5.99. The molecule has 0 unspecified atom stereocenters. The lowest BCUT2D eigenvalue weighted by Crippen LogP contribution is -2.49. The van der Waals surface area contributed by atoms with Gasteiger partial charge in [0.05, 0.1) is 24.8 Å². The molecule has 8 heteroatoms. The van der Waals surface area contributed by atoms with Gasteiger partial charge in [-0.05, 0) is 42.4 Å². The maximum atomic E-state index is 12.4. The van der Waals surface area contributed by atoms with Gasteiger partial charge in [0.25, 0.3) is 5.91 Å². The summed E-state index contributed by atoms with van der Waals surface area (Å²) in [5.41, 5.74) is 1.48. The Bertz CT molecular complexity index is 866. The van der Waals surface area contributed by atoms with Crippen LogP contribution in [0.3, 0.4) is 0 Å². The second-order valence-electron chi connectivity index (χ2n) is 7.92. The van der Waals surface area contributed by atoms with Crippen molar-refractivity contribution in [3.8, 4) is 5.75 Å². The molecule has 0 bridgehead atoms. The summed E-state index contributed by atoms with van der Waals surface area (Å²) in [6.07, 6.45) is 5.26. The van der Waals surface area contributed by atoms with Crippen molar-refractivity contribution in [1.82, 2.24) is 20.2 Å². The number of ether oxygens (including phenoxy) is 1. The summed E-state index contributed by atoms with van der Waals surface area (Å²) in [4.78, 5) is 22.5. The van der Waals surface area contributed by atoms with Crippen LogP contribution in [-0.4, -0.2) is 58.2 Å². The molecule has 7 nitrogen and oxygen atoms in total. The number of likely N-dealkylation sites (tertiary alicyclic amines) is 1. The number of carbonyl (C=O) groups excluding carboxylic acids is 1. The molecule has 0 radical (unpaired) electrons. The van der Waals surface area contributed by atoms with Gasteiger partial charge < -0.3 is 15.2 Å². The van der Waals surface area contributed by atoms with Crippen molar-refractivity contribution >= 4 is 17.5 Å². The molecule has 2 aliphatic rings. The number of aliphatic hydroxyl groups is 1. The lowest BCUT2D eigenvalue weighted by atomic mass is 9.77. The number of aromatic nitrogens is 2. The summed E-state index contributed by atoms with van der Waals surface area (Å²) in [5, 5.41) is 14.3. The molecule has 1 aromatic carbocycles. The number of hydrogen-bond donors (Lipinski definition) is 2. The molecule has 4 atom stereocenters. The van der Waals surface area contributed by atoms with Crippen LogP contribution in [0.15, 0.2) is 36.9 Å². The number of fused-ring (bicyclic) bond motifs is 1. The molecule has 154 valence electrons. The molecule has 2 aromatic rings. The second-order valence-corrected chi connectivity index (χ2v) is 8.32. The maximum absolute atomic E-state index is 12.4. The predicted molar refractivity (Wildman–Crippen MR) is 109 cm³/mol. The zero-order valence-electron chi connectivity index (χ0n) is 16.3. The Morgan fingerprint density at radius 1 is 1.28 bits per heavy atom. The number of carbonyl (C=O) groups is 1. The number of halogens is 1. The second kappa shape index (κ2) is 8.65. The first kappa shape index (κ1) is 20.1. The van der Waals surface area contributed by atoms with Crippen molar-refractivity contribution in [1.29, 1.82) is 0 Å². The fraction of sp³-hybridized carbons (Fsp3) is 0.476. The monoisotopic (exact) mass is 416 g/mol. The van der Waals surface area contributed by atoms with Crippen molar-refractivity contribution in [3.63, 3.8) is 0 Å². The van der Waals surface area contributed by atoms with E-state index >= 15 is 0 Å². The summed E-state index contributed by atoms with van der Waals surface area (Å²) < 4.78 is 5.22. The van der Waals surface area contributed by atoms with E-state index in [-0.39, 0.29) is 11.9 Å². The third kappa shape index (κ3) is 4.52. The number of rotatable bonds is 5. The fourth-order valence-corrected chi connectivity index (χ4v) is 4.73. The van der Waals surface area contributed by atoms with Crippen LogP contribution in [0, 0.1) is 11.8 Å². The van der Waals surface area contributed by atoms with Gasteiger partial charge >= 0.3 is 0 Å². The molecule has 1 aromatic heterocycles. The molecule has 1 amide bonds. The van der Waals surface area contributed by atoms with Crippen LogP contribution in [0.4, 0.5) is 0 Å². The van der Waals surface area contributed by atoms with Gasteiger partial charge in [-0.1, -0.05) is 17.7 Å². The summed E-state index contributed by atoms with van der Waals surface area (Å²) >= 11 is 6.40. The smallest absolute Gasteiger partial charge is 0.254 e. The highest BCUT2D eigenvalue weighted by atomic mass is 35.5. The minimum Gasteiger partial charge on any atom is -0.497 e. The minimum absolute atomic E-state index is 0.243. The van der Waals surface area contributed by atoms with Crippen LogP contribution in [0.1, 0.15) is 28.8 Å². The number of nitrogens with zero attached hydrogens (tertiary/aromatic N) is 3. The number of aliphatic hydroxyl groups excluding tert-OH is 1. The summed E-state index contributed by atoms with van der Waals surface area (Å²) in [6.45, 7) is 2.63. The van der Waals surface area contributed by atoms with Gasteiger partial charge in [-0.3, -0.25) is 9.69 Å². The summed E-state index contributed by atoms with van der Waals surface area (Å²) in [7, 11) is 1.63. The first-order chi connectivity index (χ1) is 14.0. The average Bonchev–Trinajstić information content (AvgIpc) is 3.11. The number of amides is 1. The van der Waals surface area contributed by atoms with Crippen LogP contribution >= 0.6 is 11.6 Å². The Morgan fingerprint density at radius 3 is 2.69 bits per heavy atom. The largest absolute Gasteiger partial charge is 0.497 e. The molecule has 2 heterocycles. The average molecular weight is 417 g/mol. The molecule has 0 spiro atoms. The van der Waals surface area contributed by atoms with Gasteiger partial charge in [-0.2, -0.15) is 0 Å². The van der Waals surface area contributed by atoms with E-state index in [2.05, 4.69) is 20.2 Å². The van der Waals surface area contributed by atoms with Crippen molar-refractivity contribution in [2.75, 3.05) is 20.2 Å². The molecule has 1 saturated carbocycles. The molecular formula is C21H25ClN4O3. The number of nitrogens with one attached hydrogen (secondary N) is 1. The van der Waals surface area contributed by atoms with E-state index in [0.717, 1.165) is 37.4 Å². The van der Waals surface area contributed by atoms with Crippen molar-refractivity contribution in [2.45, 2.75) is 31.5 Å². The SMILES string of the molecule is COc1ccc(CN2C[C@H]3C[C@H](O)[C@@H](NC(=O)c4cncnc4)C[C@H]3C2)c(Cl)c1. The first-order valence-corrected chi connectivity index (χ1v) is 10.2. The molecule has 2 fully saturated rings. The normalized spacial score (nSPS) is 26.7. The van der Waals surface area contributed by atoms with Gasteiger partial charge in [0.15, 0.2) is 0 Å². The van der Waals surface area contributed by atoms with E-state index < -0.39 is 6.10 Å². The Hall–Kier alpha value is -2.22. The highest BCUT2D eigenvalue weighted by Crippen LogP contribution is 2.37. The number of benzene rings is 1. The van der Waals surface area contributed by atoms with E-state index in [4.69, 9.17) is 16.3 Å². The quantitative estimate of drug-likeness (QED) is 0.776. The third-order valence-corrected chi connectivity index (χ3v) is 6.36. The number of hydrogen-bond acceptors (Lipinski definition) is 6. The highest BCUT2D eigenvalue weighted by Gasteiger charge is 2.42. The van der Waals surface area contributed by atoms with E-state index in [1.807, 2.05) is 18.2 Å². The minimum atomic E-state index is -0.547. The van der Waals surface area contributed by atoms with Crippen molar-refractivity contribution in [3.05, 3.63) is 53.1 Å². The van der Waals surface area contributed by atoms with Crippen molar-refractivity contribution in [2.24, 2.45) is 11.8 Å². The van der Waals surface area contributed by atoms with Gasteiger partial charge in [-0.25, -0.2) is 9.97 Å². The molecule has 1 aliphatic carbocycles. The molecule has 4 rings (SSSR count). The lowest BCUT2D eigenvalue weighted by molar-refractivity contribution is 0.0461. The van der Waals surface area contributed by atoms with E-state index in [1.54, 1.807) is 7.11 Å². The van der Waals surface area contributed by atoms with Crippen LogP contribution in [0.2, 0.25) is 5.02 Å². The van der Waals surface area contributed by atoms with Gasteiger partial charge in [0.1, 0.15) is 12.1 Å². The first-order valence-electron chi connectivity index (χ1n) is 9.82. The Balaban J connectivity index is 1.37. The van der Waals surface area contributed by atoms with E-state index in [1.165, 1.54) is 18.7 Å². The molecule has 2 N–H and O–H groups in total. The van der Waals surface area contributed by atoms with Crippen molar-refractivity contribution < 1.29 is 14.6 Å². The topological polar surface area (TPSA) is 87.6 Å². The van der Waals surface area contributed by atoms with Crippen LogP contribution < -0.4 is 10.1 Å². The Morgan fingerprint density at radius 2 is 2.00 bits per heavy atom.